The summed E-state index contributed by atoms with van der Waals surface area (Å²) in [6, 6.07) is 5.21. The van der Waals surface area contributed by atoms with Crippen LogP contribution in [0.5, 0.6) is 0 Å². The summed E-state index contributed by atoms with van der Waals surface area (Å²) in [7, 11) is 0. The Morgan fingerprint density at radius 1 is 1.10 bits per heavy atom. The summed E-state index contributed by atoms with van der Waals surface area (Å²) in [6.45, 7) is 8.11. The van der Waals surface area contributed by atoms with Gasteiger partial charge in [0.05, 0.1) is 0 Å². The number of rotatable bonds is 2. The second-order valence-corrected chi connectivity index (χ2v) is 8.61. The van der Waals surface area contributed by atoms with E-state index in [-0.39, 0.29) is 24.3 Å². The van der Waals surface area contributed by atoms with E-state index in [1.807, 2.05) is 39.0 Å². The molecule has 1 aromatic carbocycles. The Bertz CT molecular complexity index is 987. The minimum absolute atomic E-state index is 0.263. The van der Waals surface area contributed by atoms with Crippen LogP contribution in [0.4, 0.5) is 10.5 Å². The van der Waals surface area contributed by atoms with Crippen LogP contribution in [0.25, 0.3) is 11.0 Å². The van der Waals surface area contributed by atoms with E-state index in [9.17, 15) is 14.4 Å². The van der Waals surface area contributed by atoms with Crippen molar-refractivity contribution in [3.63, 3.8) is 0 Å². The molecule has 4 rings (SSSR count). The van der Waals surface area contributed by atoms with Crippen molar-refractivity contribution >= 4 is 34.6 Å². The van der Waals surface area contributed by atoms with Crippen molar-refractivity contribution in [2.45, 2.75) is 45.3 Å². The zero-order chi connectivity index (χ0) is 21.5. The van der Waals surface area contributed by atoms with Crippen molar-refractivity contribution in [2.75, 3.05) is 31.1 Å². The van der Waals surface area contributed by atoms with Crippen LogP contribution in [0.2, 0.25) is 0 Å². The van der Waals surface area contributed by atoms with Crippen molar-refractivity contribution in [1.29, 1.82) is 0 Å². The number of benzene rings is 1. The molecule has 2 aliphatic heterocycles. The van der Waals surface area contributed by atoms with Crippen molar-refractivity contribution < 1.29 is 19.1 Å². The van der Waals surface area contributed by atoms with E-state index in [4.69, 9.17) is 4.74 Å². The summed E-state index contributed by atoms with van der Waals surface area (Å²) >= 11 is 0. The summed E-state index contributed by atoms with van der Waals surface area (Å²) < 4.78 is 5.45. The zero-order valence-corrected chi connectivity index (χ0v) is 17.4. The third kappa shape index (κ3) is 4.22. The average Bonchev–Trinajstić information content (AvgIpc) is 3.09. The molecule has 10 nitrogen and oxygen atoms in total. The molecule has 0 saturated carbocycles. The van der Waals surface area contributed by atoms with Gasteiger partial charge in [0.2, 0.25) is 5.91 Å². The Morgan fingerprint density at radius 3 is 2.47 bits per heavy atom. The highest BCUT2D eigenvalue weighted by atomic mass is 16.6. The molecule has 0 aliphatic carbocycles. The van der Waals surface area contributed by atoms with E-state index >= 15 is 0 Å². The monoisotopic (exact) mass is 414 g/mol. The van der Waals surface area contributed by atoms with Crippen LogP contribution in [0, 0.1) is 0 Å². The molecule has 0 radical (unpaired) electrons. The molecule has 2 saturated heterocycles. The van der Waals surface area contributed by atoms with Gasteiger partial charge >= 0.3 is 6.09 Å². The highest BCUT2D eigenvalue weighted by molar-refractivity contribution is 5.99. The number of nitrogens with one attached hydrogen (secondary N) is 1. The number of aromatic nitrogens is 3. The van der Waals surface area contributed by atoms with Gasteiger partial charge in [-0.2, -0.15) is 15.0 Å². The number of ether oxygens (including phenoxy) is 1. The van der Waals surface area contributed by atoms with Gasteiger partial charge < -0.3 is 14.5 Å². The largest absolute Gasteiger partial charge is 0.444 e. The Kier molecular flexibility index (Phi) is 5.08. The van der Waals surface area contributed by atoms with E-state index in [0.717, 1.165) is 5.69 Å². The first-order valence-electron chi connectivity index (χ1n) is 10.1. The Hall–Kier alpha value is -3.17. The molecular formula is C20H26N6O4. The smallest absolute Gasteiger partial charge is 0.410 e. The third-order valence-corrected chi connectivity index (χ3v) is 5.16. The van der Waals surface area contributed by atoms with Gasteiger partial charge in [-0.1, -0.05) is 0 Å². The summed E-state index contributed by atoms with van der Waals surface area (Å²) in [6.07, 6.45) is 0.386. The fraction of sp³-hybridized carbons (Fsp3) is 0.550. The van der Waals surface area contributed by atoms with Gasteiger partial charge in [0.25, 0.3) is 5.91 Å². The van der Waals surface area contributed by atoms with Crippen molar-refractivity contribution in [3.05, 3.63) is 18.2 Å². The first-order chi connectivity index (χ1) is 14.2. The SMILES string of the molecule is CC(C)(C)OC(=O)N1CCN(c2ccc3nn(C4CCC(=O)NC4=O)nc3c2)CC1. The Morgan fingerprint density at radius 2 is 1.80 bits per heavy atom. The van der Waals surface area contributed by atoms with Crippen LogP contribution in [0.1, 0.15) is 39.7 Å². The van der Waals surface area contributed by atoms with Gasteiger partial charge in [-0.15, -0.1) is 0 Å². The number of piperazine rings is 1. The molecule has 1 aromatic heterocycles. The molecule has 160 valence electrons. The lowest BCUT2D eigenvalue weighted by Gasteiger charge is -2.36. The zero-order valence-electron chi connectivity index (χ0n) is 17.4. The lowest BCUT2D eigenvalue weighted by Crippen LogP contribution is -2.50. The number of nitrogens with zero attached hydrogens (tertiary/aromatic N) is 5. The van der Waals surface area contributed by atoms with Crippen LogP contribution < -0.4 is 10.2 Å². The van der Waals surface area contributed by atoms with Crippen molar-refractivity contribution in [1.82, 2.24) is 25.2 Å². The molecule has 30 heavy (non-hydrogen) atoms. The first-order valence-corrected chi connectivity index (χ1v) is 10.1. The minimum Gasteiger partial charge on any atom is -0.444 e. The van der Waals surface area contributed by atoms with Gasteiger partial charge in [-0.05, 0) is 45.4 Å². The topological polar surface area (TPSA) is 110 Å². The summed E-state index contributed by atoms with van der Waals surface area (Å²) in [5.41, 5.74) is 1.86. The molecule has 2 aromatic rings. The molecule has 3 heterocycles. The van der Waals surface area contributed by atoms with Crippen LogP contribution in [0.3, 0.4) is 0 Å². The number of imide groups is 1. The minimum atomic E-state index is -0.573. The van der Waals surface area contributed by atoms with E-state index in [2.05, 4.69) is 20.4 Å². The maximum atomic E-state index is 12.2. The number of carbonyl (C=O) groups excluding carboxylic acids is 3. The average molecular weight is 414 g/mol. The molecule has 2 aliphatic rings. The normalized spacial score (nSPS) is 20.4. The number of hydrogen-bond acceptors (Lipinski definition) is 7. The second-order valence-electron chi connectivity index (χ2n) is 8.61. The molecule has 0 bridgehead atoms. The standard InChI is InChI=1S/C20H26N6O4/c1-20(2,3)30-19(29)25-10-8-24(9-11-25)13-4-5-14-15(12-13)23-26(22-14)16-6-7-17(27)21-18(16)28/h4-5,12,16H,6-11H2,1-3H3,(H,21,27,28). The van der Waals surface area contributed by atoms with Crippen LogP contribution in [-0.2, 0) is 14.3 Å². The van der Waals surface area contributed by atoms with Gasteiger partial charge in [-0.3, -0.25) is 14.9 Å². The predicted octanol–water partition coefficient (Wildman–Crippen LogP) is 1.47. The van der Waals surface area contributed by atoms with Crippen molar-refractivity contribution in [2.24, 2.45) is 0 Å². The molecule has 3 amide bonds. The maximum absolute atomic E-state index is 12.2. The van der Waals surface area contributed by atoms with Gasteiger partial charge in [0, 0.05) is 38.3 Å². The van der Waals surface area contributed by atoms with E-state index in [1.54, 1.807) is 4.90 Å². The number of anilines is 1. The predicted molar refractivity (Wildman–Crippen MR) is 109 cm³/mol. The molecular weight excluding hydrogens is 388 g/mol. The Balaban J connectivity index is 1.44. The number of piperidine rings is 1. The lowest BCUT2D eigenvalue weighted by molar-refractivity contribution is -0.136. The molecule has 0 spiro atoms. The summed E-state index contributed by atoms with van der Waals surface area (Å²) in [5, 5.41) is 11.2. The molecule has 10 heteroatoms. The summed E-state index contributed by atoms with van der Waals surface area (Å²) in [4.78, 5) is 41.0. The molecule has 1 N–H and O–H groups in total. The summed E-state index contributed by atoms with van der Waals surface area (Å²) in [5.74, 6) is -0.634. The molecule has 1 unspecified atom stereocenters. The third-order valence-electron chi connectivity index (χ3n) is 5.16. The fourth-order valence-electron chi connectivity index (χ4n) is 3.63. The fourth-order valence-corrected chi connectivity index (χ4v) is 3.63. The number of hydrogen-bond donors (Lipinski definition) is 1. The van der Waals surface area contributed by atoms with E-state index in [1.165, 1.54) is 4.80 Å². The highest BCUT2D eigenvalue weighted by Crippen LogP contribution is 2.24. The molecule has 1 atom stereocenters. The van der Waals surface area contributed by atoms with Gasteiger partial charge in [0.1, 0.15) is 16.6 Å². The van der Waals surface area contributed by atoms with Crippen molar-refractivity contribution in [3.8, 4) is 0 Å². The van der Waals surface area contributed by atoms with Gasteiger partial charge in [-0.25, -0.2) is 4.79 Å². The first kappa shape index (κ1) is 20.1. The van der Waals surface area contributed by atoms with E-state index in [0.29, 0.717) is 43.6 Å². The number of amides is 3. The van der Waals surface area contributed by atoms with Crippen LogP contribution >= 0.6 is 0 Å². The second kappa shape index (κ2) is 7.58. The number of fused-ring (bicyclic) bond motifs is 1. The molecule has 2 fully saturated rings. The number of carbonyl (C=O) groups is 3. The lowest BCUT2D eigenvalue weighted by atomic mass is 10.1. The van der Waals surface area contributed by atoms with E-state index < -0.39 is 11.6 Å². The van der Waals surface area contributed by atoms with Crippen LogP contribution in [0.15, 0.2) is 18.2 Å². The maximum Gasteiger partial charge on any atom is 0.410 e. The Labute approximate surface area is 174 Å². The van der Waals surface area contributed by atoms with Gasteiger partial charge in [0.15, 0.2) is 6.04 Å². The quantitative estimate of drug-likeness (QED) is 0.741. The van der Waals surface area contributed by atoms with Crippen LogP contribution in [-0.4, -0.2) is 69.6 Å². The highest BCUT2D eigenvalue weighted by Gasteiger charge is 2.30.